The van der Waals surface area contributed by atoms with Crippen molar-refractivity contribution in [1.29, 1.82) is 0 Å². The fourth-order valence-electron chi connectivity index (χ4n) is 2.92. The zero-order valence-corrected chi connectivity index (χ0v) is 16.3. The Morgan fingerprint density at radius 3 is 2.59 bits per heavy atom. The van der Waals surface area contributed by atoms with Gasteiger partial charge in [-0.25, -0.2) is 4.98 Å². The Kier molecular flexibility index (Phi) is 5.31. The van der Waals surface area contributed by atoms with Gasteiger partial charge in [0.25, 0.3) is 5.91 Å². The molecule has 144 valence electrons. The molecular weight excluding hydrogens is 388 g/mol. The van der Waals surface area contributed by atoms with Gasteiger partial charge in [0.1, 0.15) is 5.75 Å². The molecule has 0 unspecified atom stereocenters. The van der Waals surface area contributed by atoms with E-state index in [0.29, 0.717) is 33.5 Å². The summed E-state index contributed by atoms with van der Waals surface area (Å²) >= 11 is 6.00. The van der Waals surface area contributed by atoms with Crippen molar-refractivity contribution in [2.75, 3.05) is 12.4 Å². The Labute approximate surface area is 172 Å². The summed E-state index contributed by atoms with van der Waals surface area (Å²) in [5, 5.41) is 3.40. The van der Waals surface area contributed by atoms with Crippen LogP contribution in [0.4, 0.5) is 5.69 Å². The number of amides is 1. The molecule has 0 atom stereocenters. The maximum atomic E-state index is 12.8. The average molecular weight is 405 g/mol. The van der Waals surface area contributed by atoms with Crippen molar-refractivity contribution in [3.05, 3.63) is 89.6 Å². The maximum absolute atomic E-state index is 12.8. The first-order valence-corrected chi connectivity index (χ1v) is 9.28. The molecule has 0 aliphatic heterocycles. The SMILES string of the molecule is COc1ccc(-c2cnc(-c3ccccc3C(=O)Nc3cccc(Cl)c3)o2)cc1. The summed E-state index contributed by atoms with van der Waals surface area (Å²) < 4.78 is 11.1. The minimum absolute atomic E-state index is 0.271. The normalized spacial score (nSPS) is 10.6. The highest BCUT2D eigenvalue weighted by molar-refractivity contribution is 6.31. The van der Waals surface area contributed by atoms with E-state index in [-0.39, 0.29) is 5.91 Å². The van der Waals surface area contributed by atoms with Gasteiger partial charge in [-0.15, -0.1) is 0 Å². The van der Waals surface area contributed by atoms with Crippen molar-refractivity contribution < 1.29 is 13.9 Å². The van der Waals surface area contributed by atoms with Gasteiger partial charge >= 0.3 is 0 Å². The molecule has 4 rings (SSSR count). The summed E-state index contributed by atoms with van der Waals surface area (Å²) in [7, 11) is 1.62. The fourth-order valence-corrected chi connectivity index (χ4v) is 3.11. The van der Waals surface area contributed by atoms with Gasteiger partial charge in [0, 0.05) is 21.8 Å². The molecule has 5 nitrogen and oxygen atoms in total. The Bertz CT molecular complexity index is 1150. The van der Waals surface area contributed by atoms with Crippen LogP contribution >= 0.6 is 11.6 Å². The molecule has 4 aromatic rings. The lowest BCUT2D eigenvalue weighted by Crippen LogP contribution is -2.13. The number of oxazole rings is 1. The number of halogens is 1. The van der Waals surface area contributed by atoms with E-state index in [1.54, 1.807) is 55.8 Å². The molecule has 0 bridgehead atoms. The summed E-state index contributed by atoms with van der Waals surface area (Å²) in [5.74, 6) is 1.46. The highest BCUT2D eigenvalue weighted by Crippen LogP contribution is 2.29. The first-order chi connectivity index (χ1) is 14.1. The summed E-state index contributed by atoms with van der Waals surface area (Å²) in [6.45, 7) is 0. The number of nitrogens with one attached hydrogen (secondary N) is 1. The molecule has 0 aliphatic rings. The van der Waals surface area contributed by atoms with Crippen LogP contribution in [0.2, 0.25) is 5.02 Å². The third-order valence-electron chi connectivity index (χ3n) is 4.36. The van der Waals surface area contributed by atoms with Crippen molar-refractivity contribution in [2.24, 2.45) is 0 Å². The van der Waals surface area contributed by atoms with Crippen LogP contribution in [-0.2, 0) is 0 Å². The average Bonchev–Trinajstić information content (AvgIpc) is 3.24. The van der Waals surface area contributed by atoms with Crippen molar-refractivity contribution >= 4 is 23.2 Å². The van der Waals surface area contributed by atoms with E-state index in [1.165, 1.54) is 0 Å². The third-order valence-corrected chi connectivity index (χ3v) is 4.60. The number of hydrogen-bond donors (Lipinski definition) is 1. The largest absolute Gasteiger partial charge is 0.497 e. The lowest BCUT2D eigenvalue weighted by molar-refractivity contribution is 0.102. The van der Waals surface area contributed by atoms with Crippen molar-refractivity contribution in [3.8, 4) is 28.5 Å². The monoisotopic (exact) mass is 404 g/mol. The maximum Gasteiger partial charge on any atom is 0.256 e. The van der Waals surface area contributed by atoms with Gasteiger partial charge in [0.05, 0.1) is 18.9 Å². The second-order valence-electron chi connectivity index (χ2n) is 6.27. The number of methoxy groups -OCH3 is 1. The third kappa shape index (κ3) is 4.15. The molecule has 0 saturated heterocycles. The smallest absolute Gasteiger partial charge is 0.256 e. The van der Waals surface area contributed by atoms with Crippen LogP contribution < -0.4 is 10.1 Å². The van der Waals surface area contributed by atoms with Crippen molar-refractivity contribution in [3.63, 3.8) is 0 Å². The molecule has 0 fully saturated rings. The molecule has 0 spiro atoms. The Hall–Kier alpha value is -3.57. The molecule has 1 N–H and O–H groups in total. The number of carbonyl (C=O) groups is 1. The van der Waals surface area contributed by atoms with E-state index in [1.807, 2.05) is 30.3 Å². The fraction of sp³-hybridized carbons (Fsp3) is 0.0435. The topological polar surface area (TPSA) is 64.4 Å². The highest BCUT2D eigenvalue weighted by atomic mass is 35.5. The first kappa shape index (κ1) is 18.8. The lowest BCUT2D eigenvalue weighted by atomic mass is 10.1. The molecule has 29 heavy (non-hydrogen) atoms. The number of carbonyl (C=O) groups excluding carboxylic acids is 1. The van der Waals surface area contributed by atoms with Gasteiger partial charge in [-0.05, 0) is 54.6 Å². The Morgan fingerprint density at radius 1 is 1.03 bits per heavy atom. The van der Waals surface area contributed by atoms with Crippen LogP contribution in [0.15, 0.2) is 83.4 Å². The second-order valence-corrected chi connectivity index (χ2v) is 6.70. The molecule has 1 heterocycles. The van der Waals surface area contributed by atoms with Gasteiger partial charge < -0.3 is 14.5 Å². The minimum Gasteiger partial charge on any atom is -0.497 e. The van der Waals surface area contributed by atoms with Crippen molar-refractivity contribution in [2.45, 2.75) is 0 Å². The van der Waals surface area contributed by atoms with Crippen LogP contribution in [0, 0.1) is 0 Å². The molecule has 0 aliphatic carbocycles. The molecule has 0 saturated carbocycles. The quantitative estimate of drug-likeness (QED) is 0.448. The zero-order chi connectivity index (χ0) is 20.2. The Morgan fingerprint density at radius 2 is 1.83 bits per heavy atom. The van der Waals surface area contributed by atoms with E-state index in [4.69, 9.17) is 20.8 Å². The minimum atomic E-state index is -0.271. The molecule has 1 aromatic heterocycles. The molecule has 3 aromatic carbocycles. The van der Waals surface area contributed by atoms with Crippen LogP contribution in [0.5, 0.6) is 5.75 Å². The summed E-state index contributed by atoms with van der Waals surface area (Å²) in [6.07, 6.45) is 1.64. The van der Waals surface area contributed by atoms with Crippen LogP contribution in [0.1, 0.15) is 10.4 Å². The van der Waals surface area contributed by atoms with E-state index >= 15 is 0 Å². The highest BCUT2D eigenvalue weighted by Gasteiger charge is 2.17. The van der Waals surface area contributed by atoms with Gasteiger partial charge in [0.15, 0.2) is 5.76 Å². The van der Waals surface area contributed by atoms with Gasteiger partial charge in [-0.1, -0.05) is 29.8 Å². The van der Waals surface area contributed by atoms with Gasteiger partial charge in [0.2, 0.25) is 5.89 Å². The lowest BCUT2D eigenvalue weighted by Gasteiger charge is -2.08. The number of aromatic nitrogens is 1. The van der Waals surface area contributed by atoms with E-state index in [2.05, 4.69) is 10.3 Å². The number of hydrogen-bond acceptors (Lipinski definition) is 4. The standard InChI is InChI=1S/C23H17ClN2O3/c1-28-18-11-9-15(10-12-18)21-14-25-23(29-21)20-8-3-2-7-19(20)22(27)26-17-6-4-5-16(24)13-17/h2-14H,1H3,(H,26,27). The van der Waals surface area contributed by atoms with E-state index in [0.717, 1.165) is 11.3 Å². The predicted molar refractivity (Wildman–Crippen MR) is 113 cm³/mol. The summed E-state index contributed by atoms with van der Waals surface area (Å²) in [6, 6.07) is 21.6. The zero-order valence-electron chi connectivity index (χ0n) is 15.6. The number of anilines is 1. The van der Waals surface area contributed by atoms with Crippen molar-refractivity contribution in [1.82, 2.24) is 4.98 Å². The van der Waals surface area contributed by atoms with Crippen LogP contribution in [-0.4, -0.2) is 18.0 Å². The van der Waals surface area contributed by atoms with Gasteiger partial charge in [-0.2, -0.15) is 0 Å². The van der Waals surface area contributed by atoms with Crippen LogP contribution in [0.3, 0.4) is 0 Å². The summed E-state index contributed by atoms with van der Waals surface area (Å²) in [4.78, 5) is 17.2. The van der Waals surface area contributed by atoms with E-state index in [9.17, 15) is 4.79 Å². The number of ether oxygens (including phenoxy) is 1. The molecule has 1 amide bonds. The molecule has 6 heteroatoms. The number of nitrogens with zero attached hydrogens (tertiary/aromatic N) is 1. The molecule has 0 radical (unpaired) electrons. The molecular formula is C23H17ClN2O3. The van der Waals surface area contributed by atoms with E-state index < -0.39 is 0 Å². The first-order valence-electron chi connectivity index (χ1n) is 8.90. The van der Waals surface area contributed by atoms with Gasteiger partial charge in [-0.3, -0.25) is 4.79 Å². The Balaban J connectivity index is 1.63. The predicted octanol–water partition coefficient (Wildman–Crippen LogP) is 5.92. The number of benzene rings is 3. The van der Waals surface area contributed by atoms with Crippen LogP contribution in [0.25, 0.3) is 22.8 Å². The summed E-state index contributed by atoms with van der Waals surface area (Å²) in [5.41, 5.74) is 2.54. The second kappa shape index (κ2) is 8.20. The number of rotatable bonds is 5.